The topological polar surface area (TPSA) is 46.1 Å². The predicted octanol–water partition coefficient (Wildman–Crippen LogP) is 6.05. The maximum atomic E-state index is 13.2. The first kappa shape index (κ1) is 20.9. The number of benzene rings is 2. The van der Waals surface area contributed by atoms with E-state index in [1.54, 1.807) is 52.2 Å². The average molecular weight is 452 g/mol. The van der Waals surface area contributed by atoms with Crippen LogP contribution in [-0.4, -0.2) is 27.9 Å². The molecule has 0 aliphatic carbocycles. The van der Waals surface area contributed by atoms with Crippen LogP contribution in [0.25, 0.3) is 10.2 Å². The Morgan fingerprint density at radius 3 is 2.63 bits per heavy atom. The van der Waals surface area contributed by atoms with Crippen molar-refractivity contribution in [1.82, 2.24) is 9.97 Å². The Bertz CT molecular complexity index is 1140. The maximum Gasteiger partial charge on any atom is 0.239 e. The summed E-state index contributed by atoms with van der Waals surface area (Å²) in [5.41, 5.74) is 3.11. The average Bonchev–Trinajstić information content (AvgIpc) is 3.20. The molecule has 0 bridgehead atoms. The number of anilines is 1. The fourth-order valence-electron chi connectivity index (χ4n) is 2.93. The van der Waals surface area contributed by atoms with Crippen LogP contribution in [0.3, 0.4) is 0 Å². The van der Waals surface area contributed by atoms with Gasteiger partial charge < -0.3 is 0 Å². The molecular formula is C23H21N3OS3. The molecular weight excluding hydrogens is 430 g/mol. The molecule has 0 saturated heterocycles. The molecule has 1 amide bonds. The van der Waals surface area contributed by atoms with E-state index in [9.17, 15) is 4.79 Å². The number of fused-ring (bicyclic) bond motifs is 1. The third-order valence-electron chi connectivity index (χ3n) is 4.56. The van der Waals surface area contributed by atoms with Gasteiger partial charge in [-0.05, 0) is 55.1 Å². The number of hydrogen-bond donors (Lipinski definition) is 0. The summed E-state index contributed by atoms with van der Waals surface area (Å²) in [5, 5.41) is 0.724. The second-order valence-electron chi connectivity index (χ2n) is 6.77. The summed E-state index contributed by atoms with van der Waals surface area (Å²) in [7, 11) is 0. The van der Waals surface area contributed by atoms with Gasteiger partial charge in [-0.2, -0.15) is 0 Å². The van der Waals surface area contributed by atoms with Crippen molar-refractivity contribution in [3.05, 3.63) is 78.1 Å². The molecule has 4 rings (SSSR count). The maximum absolute atomic E-state index is 13.2. The summed E-state index contributed by atoms with van der Waals surface area (Å²) in [6, 6.07) is 18.3. The van der Waals surface area contributed by atoms with Crippen molar-refractivity contribution in [2.75, 3.05) is 16.9 Å². The van der Waals surface area contributed by atoms with Gasteiger partial charge in [0.15, 0.2) is 5.13 Å². The summed E-state index contributed by atoms with van der Waals surface area (Å²) in [4.78, 5) is 26.2. The minimum absolute atomic E-state index is 0.0357. The summed E-state index contributed by atoms with van der Waals surface area (Å²) in [6.45, 7) is 2.52. The zero-order chi connectivity index (χ0) is 20.9. The molecule has 152 valence electrons. The standard InChI is InChI=1S/C23H21N3OS3/c1-16-5-7-18(8-6-16)29-15-22(27)26(14-17-4-3-11-24-13-17)23-25-20-10-9-19(28-2)12-21(20)30-23/h3-13H,14-15H2,1-2H3. The van der Waals surface area contributed by atoms with Gasteiger partial charge in [0.05, 0.1) is 22.5 Å². The molecule has 2 aromatic carbocycles. The number of thiazole rings is 1. The highest BCUT2D eigenvalue weighted by Crippen LogP contribution is 2.33. The molecule has 7 heteroatoms. The van der Waals surface area contributed by atoms with Crippen molar-refractivity contribution < 1.29 is 4.79 Å². The highest BCUT2D eigenvalue weighted by Gasteiger charge is 2.20. The molecule has 0 aliphatic rings. The van der Waals surface area contributed by atoms with Crippen LogP contribution in [0, 0.1) is 6.92 Å². The van der Waals surface area contributed by atoms with E-state index in [0.29, 0.717) is 12.3 Å². The number of aromatic nitrogens is 2. The molecule has 2 heterocycles. The van der Waals surface area contributed by atoms with Gasteiger partial charge in [-0.1, -0.05) is 35.1 Å². The Labute approximate surface area is 188 Å². The van der Waals surface area contributed by atoms with Crippen LogP contribution in [0.2, 0.25) is 0 Å². The lowest BCUT2D eigenvalue weighted by atomic mass is 10.2. The lowest BCUT2D eigenvalue weighted by Gasteiger charge is -2.19. The third kappa shape index (κ3) is 5.03. The highest BCUT2D eigenvalue weighted by atomic mass is 32.2. The van der Waals surface area contributed by atoms with Gasteiger partial charge in [0.1, 0.15) is 0 Å². The Morgan fingerprint density at radius 2 is 1.90 bits per heavy atom. The molecule has 0 spiro atoms. The molecule has 0 saturated carbocycles. The van der Waals surface area contributed by atoms with Gasteiger partial charge in [0.2, 0.25) is 5.91 Å². The number of aryl methyl sites for hydroxylation is 1. The van der Waals surface area contributed by atoms with E-state index in [1.807, 2.05) is 18.2 Å². The van der Waals surface area contributed by atoms with Crippen molar-refractivity contribution >= 4 is 56.1 Å². The summed E-state index contributed by atoms with van der Waals surface area (Å²) in [6.07, 6.45) is 5.60. The number of pyridine rings is 1. The third-order valence-corrected chi connectivity index (χ3v) is 7.33. The van der Waals surface area contributed by atoms with Gasteiger partial charge in [0, 0.05) is 22.2 Å². The minimum atomic E-state index is 0.0357. The van der Waals surface area contributed by atoms with Crippen LogP contribution >= 0.6 is 34.9 Å². The molecule has 30 heavy (non-hydrogen) atoms. The van der Waals surface area contributed by atoms with Crippen molar-refractivity contribution in [3.63, 3.8) is 0 Å². The molecule has 0 aliphatic heterocycles. The van der Waals surface area contributed by atoms with Crippen LogP contribution in [0.15, 0.2) is 76.8 Å². The molecule has 4 nitrogen and oxygen atoms in total. The van der Waals surface area contributed by atoms with Crippen LogP contribution in [0.1, 0.15) is 11.1 Å². The van der Waals surface area contributed by atoms with Gasteiger partial charge in [-0.25, -0.2) is 4.98 Å². The van der Waals surface area contributed by atoms with Gasteiger partial charge in [-0.15, -0.1) is 23.5 Å². The van der Waals surface area contributed by atoms with Gasteiger partial charge >= 0.3 is 0 Å². The van der Waals surface area contributed by atoms with Crippen molar-refractivity contribution in [2.45, 2.75) is 23.3 Å². The van der Waals surface area contributed by atoms with Crippen molar-refractivity contribution in [2.24, 2.45) is 0 Å². The summed E-state index contributed by atoms with van der Waals surface area (Å²) >= 11 is 4.81. The first-order valence-electron chi connectivity index (χ1n) is 9.46. The molecule has 0 fully saturated rings. The Morgan fingerprint density at radius 1 is 1.10 bits per heavy atom. The van der Waals surface area contributed by atoms with Crippen LogP contribution in [-0.2, 0) is 11.3 Å². The van der Waals surface area contributed by atoms with Gasteiger partial charge in [0.25, 0.3) is 0 Å². The molecule has 4 aromatic rings. The Balaban J connectivity index is 1.60. The SMILES string of the molecule is CSc1ccc2nc(N(Cc3cccnc3)C(=O)CSc3ccc(C)cc3)sc2c1. The molecule has 0 atom stereocenters. The smallest absolute Gasteiger partial charge is 0.239 e. The number of carbonyl (C=O) groups is 1. The van der Waals surface area contributed by atoms with E-state index in [0.717, 1.165) is 25.8 Å². The van der Waals surface area contributed by atoms with Crippen molar-refractivity contribution in [1.29, 1.82) is 0 Å². The quantitative estimate of drug-likeness (QED) is 0.320. The van der Waals surface area contributed by atoms with Crippen LogP contribution in [0.4, 0.5) is 5.13 Å². The highest BCUT2D eigenvalue weighted by molar-refractivity contribution is 8.00. The molecule has 0 radical (unpaired) electrons. The normalized spacial score (nSPS) is 11.0. The van der Waals surface area contributed by atoms with E-state index >= 15 is 0 Å². The number of hydrogen-bond acceptors (Lipinski definition) is 6. The van der Waals surface area contributed by atoms with Crippen molar-refractivity contribution in [3.8, 4) is 0 Å². The predicted molar refractivity (Wildman–Crippen MR) is 129 cm³/mol. The summed E-state index contributed by atoms with van der Waals surface area (Å²) in [5.74, 6) is 0.392. The number of rotatable bonds is 7. The minimum Gasteiger partial charge on any atom is -0.283 e. The van der Waals surface area contributed by atoms with Gasteiger partial charge in [-0.3, -0.25) is 14.7 Å². The van der Waals surface area contributed by atoms with E-state index in [4.69, 9.17) is 4.98 Å². The Hall–Kier alpha value is -2.35. The fourth-order valence-corrected chi connectivity index (χ4v) is 5.24. The van der Waals surface area contributed by atoms with E-state index in [1.165, 1.54) is 10.5 Å². The van der Waals surface area contributed by atoms with E-state index < -0.39 is 0 Å². The molecule has 0 N–H and O–H groups in total. The van der Waals surface area contributed by atoms with Crippen LogP contribution < -0.4 is 4.90 Å². The number of thioether (sulfide) groups is 2. The lowest BCUT2D eigenvalue weighted by Crippen LogP contribution is -2.31. The second-order valence-corrected chi connectivity index (χ2v) is 9.71. The number of amides is 1. The molecule has 0 unspecified atom stereocenters. The van der Waals surface area contributed by atoms with E-state index in [-0.39, 0.29) is 5.91 Å². The number of carbonyl (C=O) groups excluding carboxylic acids is 1. The zero-order valence-electron chi connectivity index (χ0n) is 16.7. The number of nitrogens with zero attached hydrogens (tertiary/aromatic N) is 3. The fraction of sp³-hybridized carbons (Fsp3) is 0.174. The second kappa shape index (κ2) is 9.64. The lowest BCUT2D eigenvalue weighted by molar-refractivity contribution is -0.116. The zero-order valence-corrected chi connectivity index (χ0v) is 19.2. The summed E-state index contributed by atoms with van der Waals surface area (Å²) < 4.78 is 1.09. The largest absolute Gasteiger partial charge is 0.283 e. The molecule has 2 aromatic heterocycles. The van der Waals surface area contributed by atoms with E-state index in [2.05, 4.69) is 54.6 Å². The first-order chi connectivity index (χ1) is 14.6. The van der Waals surface area contributed by atoms with Crippen LogP contribution in [0.5, 0.6) is 0 Å². The first-order valence-corrected chi connectivity index (χ1v) is 12.5. The monoisotopic (exact) mass is 451 g/mol. The Kier molecular flexibility index (Phi) is 6.72.